The lowest BCUT2D eigenvalue weighted by Crippen LogP contribution is -2.35. The topological polar surface area (TPSA) is 69.6 Å². The zero-order valence-electron chi connectivity index (χ0n) is 10.2. The van der Waals surface area contributed by atoms with E-state index < -0.39 is 5.97 Å². The van der Waals surface area contributed by atoms with Crippen molar-refractivity contribution < 1.29 is 14.7 Å². The number of aliphatic carboxylic acids is 1. The summed E-state index contributed by atoms with van der Waals surface area (Å²) in [5.74, 6) is -0.575. The normalized spacial score (nSPS) is 25.6. The molecule has 2 N–H and O–H groups in total. The molecule has 1 aliphatic heterocycles. The number of carboxylic acids is 1. The van der Waals surface area contributed by atoms with E-state index in [9.17, 15) is 9.59 Å². The maximum atomic E-state index is 12.1. The molecule has 0 aromatic carbocycles. The average molecular weight is 240 g/mol. The summed E-state index contributed by atoms with van der Waals surface area (Å²) in [6.45, 7) is 2.32. The maximum Gasteiger partial charge on any atom is 0.305 e. The molecule has 2 aliphatic rings. The number of rotatable bonds is 4. The van der Waals surface area contributed by atoms with E-state index in [0.29, 0.717) is 6.54 Å². The highest BCUT2D eigenvalue weighted by Gasteiger charge is 2.58. The van der Waals surface area contributed by atoms with Crippen molar-refractivity contribution in [3.8, 4) is 0 Å². The zero-order valence-corrected chi connectivity index (χ0v) is 10.2. The van der Waals surface area contributed by atoms with Crippen molar-refractivity contribution >= 4 is 11.9 Å². The van der Waals surface area contributed by atoms with Crippen LogP contribution in [0.2, 0.25) is 0 Å². The van der Waals surface area contributed by atoms with E-state index in [1.807, 2.05) is 0 Å². The molecule has 0 radical (unpaired) electrons. The van der Waals surface area contributed by atoms with Crippen LogP contribution in [-0.4, -0.2) is 48.6 Å². The third-order valence-electron chi connectivity index (χ3n) is 4.12. The van der Waals surface area contributed by atoms with Gasteiger partial charge in [0.05, 0.1) is 6.42 Å². The molecule has 96 valence electrons. The molecule has 0 bridgehead atoms. The van der Waals surface area contributed by atoms with Gasteiger partial charge in [-0.2, -0.15) is 0 Å². The highest BCUT2D eigenvalue weighted by molar-refractivity contribution is 5.83. The van der Waals surface area contributed by atoms with Crippen LogP contribution >= 0.6 is 0 Å². The number of nitrogens with one attached hydrogen (secondary N) is 1. The summed E-state index contributed by atoms with van der Waals surface area (Å²) in [4.78, 5) is 24.1. The molecule has 1 amide bonds. The molecule has 2 rings (SSSR count). The van der Waals surface area contributed by atoms with Crippen LogP contribution in [0.15, 0.2) is 0 Å². The Bertz CT molecular complexity index is 324. The molecule has 1 aliphatic carbocycles. The van der Waals surface area contributed by atoms with Crippen molar-refractivity contribution in [3.05, 3.63) is 0 Å². The van der Waals surface area contributed by atoms with Crippen LogP contribution in [0, 0.1) is 11.3 Å². The summed E-state index contributed by atoms with van der Waals surface area (Å²) in [6.07, 6.45) is 3.18. The Balaban J connectivity index is 1.83. The molecule has 1 atom stereocenters. The number of amides is 1. The smallest absolute Gasteiger partial charge is 0.305 e. The Morgan fingerprint density at radius 2 is 2.06 bits per heavy atom. The fourth-order valence-electron chi connectivity index (χ4n) is 2.81. The van der Waals surface area contributed by atoms with Crippen LogP contribution < -0.4 is 5.32 Å². The monoisotopic (exact) mass is 240 g/mol. The minimum atomic E-state index is -0.850. The summed E-state index contributed by atoms with van der Waals surface area (Å²) in [7, 11) is 1.71. The second-order valence-electron chi connectivity index (χ2n) is 5.27. The quantitative estimate of drug-likeness (QED) is 0.742. The maximum absolute atomic E-state index is 12.1. The van der Waals surface area contributed by atoms with Crippen molar-refractivity contribution in [3.63, 3.8) is 0 Å². The van der Waals surface area contributed by atoms with Crippen LogP contribution in [0.5, 0.6) is 0 Å². The van der Waals surface area contributed by atoms with E-state index in [4.69, 9.17) is 5.11 Å². The number of nitrogens with zero attached hydrogens (tertiary/aromatic N) is 1. The SMILES string of the molecule is CN(CCC(=O)O)C(=O)C1CC12CCNCC2. The van der Waals surface area contributed by atoms with Crippen LogP contribution in [0.1, 0.15) is 25.7 Å². The molecule has 1 saturated carbocycles. The molecular weight excluding hydrogens is 220 g/mol. The van der Waals surface area contributed by atoms with E-state index in [1.54, 1.807) is 11.9 Å². The second kappa shape index (κ2) is 4.64. The van der Waals surface area contributed by atoms with Crippen molar-refractivity contribution in [1.82, 2.24) is 10.2 Å². The number of hydrogen-bond donors (Lipinski definition) is 2. The Morgan fingerprint density at radius 3 is 2.65 bits per heavy atom. The number of carboxylic acid groups (broad SMARTS) is 1. The highest BCUT2D eigenvalue weighted by atomic mass is 16.4. The van der Waals surface area contributed by atoms with Crippen molar-refractivity contribution in [1.29, 1.82) is 0 Å². The first-order valence-electron chi connectivity index (χ1n) is 6.23. The first kappa shape index (κ1) is 12.4. The molecule has 5 nitrogen and oxygen atoms in total. The van der Waals surface area contributed by atoms with E-state index in [0.717, 1.165) is 32.4 Å². The summed E-state index contributed by atoms with van der Waals surface area (Å²) < 4.78 is 0. The van der Waals surface area contributed by atoms with Crippen molar-refractivity contribution in [2.45, 2.75) is 25.7 Å². The Morgan fingerprint density at radius 1 is 1.41 bits per heavy atom. The third kappa shape index (κ3) is 2.60. The number of hydrogen-bond acceptors (Lipinski definition) is 3. The Labute approximate surface area is 101 Å². The Kier molecular flexibility index (Phi) is 3.38. The van der Waals surface area contributed by atoms with Gasteiger partial charge in [0.15, 0.2) is 0 Å². The summed E-state index contributed by atoms with van der Waals surface area (Å²) in [5, 5.41) is 11.9. The highest BCUT2D eigenvalue weighted by Crippen LogP contribution is 2.59. The largest absolute Gasteiger partial charge is 0.481 e. The van der Waals surface area contributed by atoms with Gasteiger partial charge in [-0.25, -0.2) is 0 Å². The molecule has 1 heterocycles. The molecule has 1 saturated heterocycles. The van der Waals surface area contributed by atoms with Gasteiger partial charge in [-0.05, 0) is 37.8 Å². The molecule has 0 aromatic heterocycles. The lowest BCUT2D eigenvalue weighted by Gasteiger charge is -2.25. The molecule has 17 heavy (non-hydrogen) atoms. The standard InChI is InChI=1S/C12H20N2O3/c1-14(7-2-10(15)16)11(17)9-8-12(9)3-5-13-6-4-12/h9,13H,2-8H2,1H3,(H,15,16). The van der Waals surface area contributed by atoms with Gasteiger partial charge in [-0.3, -0.25) is 9.59 Å². The first-order chi connectivity index (χ1) is 8.05. The minimum Gasteiger partial charge on any atom is -0.481 e. The molecule has 1 unspecified atom stereocenters. The van der Waals surface area contributed by atoms with Gasteiger partial charge in [0, 0.05) is 19.5 Å². The molecule has 0 aromatic rings. The molecule has 1 spiro atoms. The van der Waals surface area contributed by atoms with Gasteiger partial charge < -0.3 is 15.3 Å². The minimum absolute atomic E-state index is 0.0313. The van der Waals surface area contributed by atoms with E-state index in [2.05, 4.69) is 5.32 Å². The van der Waals surface area contributed by atoms with Gasteiger partial charge in [0.2, 0.25) is 5.91 Å². The third-order valence-corrected chi connectivity index (χ3v) is 4.12. The summed E-state index contributed by atoms with van der Waals surface area (Å²) in [6, 6.07) is 0. The van der Waals surface area contributed by atoms with Crippen LogP contribution in [-0.2, 0) is 9.59 Å². The van der Waals surface area contributed by atoms with Gasteiger partial charge in [0.25, 0.3) is 0 Å². The van der Waals surface area contributed by atoms with Gasteiger partial charge in [-0.1, -0.05) is 0 Å². The van der Waals surface area contributed by atoms with E-state index >= 15 is 0 Å². The molecule has 2 fully saturated rings. The van der Waals surface area contributed by atoms with Crippen molar-refractivity contribution in [2.24, 2.45) is 11.3 Å². The predicted molar refractivity (Wildman–Crippen MR) is 62.5 cm³/mol. The van der Waals surface area contributed by atoms with Gasteiger partial charge >= 0.3 is 5.97 Å². The number of carbonyl (C=O) groups is 2. The van der Waals surface area contributed by atoms with E-state index in [-0.39, 0.29) is 23.7 Å². The Hall–Kier alpha value is -1.10. The lowest BCUT2D eigenvalue weighted by atomic mass is 9.91. The van der Waals surface area contributed by atoms with Gasteiger partial charge in [0.1, 0.15) is 0 Å². The fourth-order valence-corrected chi connectivity index (χ4v) is 2.81. The predicted octanol–water partition coefficient (Wildman–Crippen LogP) is 0.309. The fraction of sp³-hybridized carbons (Fsp3) is 0.833. The summed E-state index contributed by atoms with van der Waals surface area (Å²) >= 11 is 0. The second-order valence-corrected chi connectivity index (χ2v) is 5.27. The van der Waals surface area contributed by atoms with Crippen LogP contribution in [0.4, 0.5) is 0 Å². The zero-order chi connectivity index (χ0) is 12.5. The lowest BCUT2D eigenvalue weighted by molar-refractivity contribution is -0.138. The van der Waals surface area contributed by atoms with Gasteiger partial charge in [-0.15, -0.1) is 0 Å². The van der Waals surface area contributed by atoms with Crippen LogP contribution in [0.25, 0.3) is 0 Å². The van der Waals surface area contributed by atoms with E-state index in [1.165, 1.54) is 0 Å². The molecular formula is C12H20N2O3. The number of piperidine rings is 1. The average Bonchev–Trinajstić information content (AvgIpc) is 2.99. The van der Waals surface area contributed by atoms with Crippen LogP contribution in [0.3, 0.4) is 0 Å². The number of carbonyl (C=O) groups excluding carboxylic acids is 1. The molecule has 5 heteroatoms. The first-order valence-corrected chi connectivity index (χ1v) is 6.23. The summed E-state index contributed by atoms with van der Waals surface area (Å²) in [5.41, 5.74) is 0.236. The van der Waals surface area contributed by atoms with Crippen molar-refractivity contribution in [2.75, 3.05) is 26.7 Å².